The van der Waals surface area contributed by atoms with Crippen LogP contribution in [-0.4, -0.2) is 48.3 Å². The molecule has 0 aliphatic rings. The van der Waals surface area contributed by atoms with Gasteiger partial charge < -0.3 is 20.5 Å². The van der Waals surface area contributed by atoms with Crippen LogP contribution in [0.4, 0.5) is 0 Å². The quantitative estimate of drug-likeness (QED) is 0.485. The van der Waals surface area contributed by atoms with Crippen LogP contribution in [0.3, 0.4) is 0 Å². The Morgan fingerprint density at radius 1 is 1.19 bits per heavy atom. The van der Waals surface area contributed by atoms with Gasteiger partial charge in [0.05, 0.1) is 12.2 Å². The van der Waals surface area contributed by atoms with Crippen LogP contribution in [0.15, 0.2) is 24.3 Å². The monoisotopic (exact) mass is 310 g/mol. The normalized spacial score (nSPS) is 10.8. The van der Waals surface area contributed by atoms with E-state index in [0.717, 1.165) is 50.1 Å². The molecule has 0 aliphatic heterocycles. The molecule has 0 aliphatic carbocycles. The maximum Gasteiger partial charge on any atom is 0.129 e. The summed E-state index contributed by atoms with van der Waals surface area (Å²) < 4.78 is 5.76. The number of aliphatic hydroxyl groups excluding tert-OH is 1. The van der Waals surface area contributed by atoms with Gasteiger partial charge in [0.25, 0.3) is 0 Å². The lowest BCUT2D eigenvalue weighted by atomic mass is 10.2. The first-order valence-corrected chi connectivity index (χ1v) is 7.87. The first-order valence-electron chi connectivity index (χ1n) is 7.46. The molecule has 0 unspecified atom stereocenters. The summed E-state index contributed by atoms with van der Waals surface area (Å²) in [5.41, 5.74) is 6.47. The minimum Gasteiger partial charge on any atom is -0.493 e. The Hall–Kier alpha value is -1.17. The molecule has 0 spiro atoms. The zero-order chi connectivity index (χ0) is 15.5. The number of benzene rings is 1. The minimum absolute atomic E-state index is 0.292. The van der Waals surface area contributed by atoms with Crippen molar-refractivity contribution in [1.82, 2.24) is 4.90 Å². The van der Waals surface area contributed by atoms with Crippen molar-refractivity contribution in [2.24, 2.45) is 5.73 Å². The molecule has 1 rings (SSSR count). The summed E-state index contributed by atoms with van der Waals surface area (Å²) in [5, 5.41) is 8.73. The molecule has 0 fully saturated rings. The SMILES string of the molecule is CN(CCCCCO)CCCOc1ccccc1C(N)=S. The molecule has 3 N–H and O–H groups in total. The number of nitrogens with two attached hydrogens (primary N) is 1. The van der Waals surface area contributed by atoms with E-state index in [4.69, 9.17) is 27.8 Å². The third kappa shape index (κ3) is 7.41. The minimum atomic E-state index is 0.292. The highest BCUT2D eigenvalue weighted by Crippen LogP contribution is 2.17. The van der Waals surface area contributed by atoms with Crippen LogP contribution in [0.2, 0.25) is 0 Å². The predicted molar refractivity (Wildman–Crippen MR) is 90.9 cm³/mol. The Morgan fingerprint density at radius 2 is 1.90 bits per heavy atom. The standard InChI is InChI=1S/C16H26N2O2S/c1-18(10-5-2-6-12-19)11-7-13-20-15-9-4-3-8-14(15)16(17)21/h3-4,8-9,19H,2,5-7,10-13H2,1H3,(H2,17,21). The number of thiocarbonyl (C=S) groups is 1. The molecule has 0 aromatic heterocycles. The molecule has 0 atom stereocenters. The van der Waals surface area contributed by atoms with Crippen molar-refractivity contribution >= 4 is 17.2 Å². The van der Waals surface area contributed by atoms with Crippen molar-refractivity contribution in [1.29, 1.82) is 0 Å². The molecule has 0 saturated carbocycles. The van der Waals surface area contributed by atoms with E-state index in [2.05, 4.69) is 11.9 Å². The van der Waals surface area contributed by atoms with Crippen molar-refractivity contribution in [3.8, 4) is 5.75 Å². The van der Waals surface area contributed by atoms with Gasteiger partial charge in [0, 0.05) is 13.2 Å². The van der Waals surface area contributed by atoms with E-state index >= 15 is 0 Å². The number of ether oxygens (including phenoxy) is 1. The van der Waals surface area contributed by atoms with Gasteiger partial charge in [-0.25, -0.2) is 0 Å². The van der Waals surface area contributed by atoms with Crippen LogP contribution >= 0.6 is 12.2 Å². The van der Waals surface area contributed by atoms with Crippen LogP contribution in [-0.2, 0) is 0 Å². The molecule has 5 heteroatoms. The molecule has 21 heavy (non-hydrogen) atoms. The van der Waals surface area contributed by atoms with Gasteiger partial charge in [0.2, 0.25) is 0 Å². The molecule has 4 nitrogen and oxygen atoms in total. The average molecular weight is 310 g/mol. The van der Waals surface area contributed by atoms with Gasteiger partial charge in [-0.1, -0.05) is 24.4 Å². The van der Waals surface area contributed by atoms with E-state index in [1.165, 1.54) is 0 Å². The van der Waals surface area contributed by atoms with E-state index in [1.54, 1.807) is 0 Å². The zero-order valence-electron chi connectivity index (χ0n) is 12.8. The number of rotatable bonds is 11. The maximum atomic E-state index is 8.73. The van der Waals surface area contributed by atoms with E-state index in [9.17, 15) is 0 Å². The predicted octanol–water partition coefficient (Wildman–Crippen LogP) is 2.18. The maximum absolute atomic E-state index is 8.73. The summed E-state index contributed by atoms with van der Waals surface area (Å²) in [4.78, 5) is 2.66. The summed E-state index contributed by atoms with van der Waals surface area (Å²) in [5.74, 6) is 0.760. The van der Waals surface area contributed by atoms with E-state index in [0.29, 0.717) is 18.2 Å². The molecule has 0 bridgehead atoms. The topological polar surface area (TPSA) is 58.7 Å². The lowest BCUT2D eigenvalue weighted by molar-refractivity contribution is 0.252. The second-order valence-electron chi connectivity index (χ2n) is 5.15. The number of unbranched alkanes of at least 4 members (excludes halogenated alkanes) is 2. The summed E-state index contributed by atoms with van der Waals surface area (Å²) in [7, 11) is 2.11. The van der Waals surface area contributed by atoms with Crippen LogP contribution in [0.25, 0.3) is 0 Å². The Kier molecular flexibility index (Phi) is 8.98. The smallest absolute Gasteiger partial charge is 0.129 e. The molecular formula is C16H26N2O2S. The molecule has 1 aromatic carbocycles. The highest BCUT2D eigenvalue weighted by Gasteiger charge is 2.05. The Bertz CT molecular complexity index is 426. The fourth-order valence-electron chi connectivity index (χ4n) is 2.09. The first-order chi connectivity index (χ1) is 10.1. The molecule has 0 heterocycles. The van der Waals surface area contributed by atoms with Crippen LogP contribution in [0.5, 0.6) is 5.75 Å². The fourth-order valence-corrected chi connectivity index (χ4v) is 2.26. The van der Waals surface area contributed by atoms with Crippen molar-refractivity contribution in [2.45, 2.75) is 25.7 Å². The number of aliphatic hydroxyl groups is 1. The lowest BCUT2D eigenvalue weighted by Gasteiger charge is -2.17. The van der Waals surface area contributed by atoms with Gasteiger partial charge in [0.15, 0.2) is 0 Å². The van der Waals surface area contributed by atoms with Gasteiger partial charge in [-0.2, -0.15) is 0 Å². The third-order valence-corrected chi connectivity index (χ3v) is 3.51. The van der Waals surface area contributed by atoms with Crippen LogP contribution < -0.4 is 10.5 Å². The molecule has 0 saturated heterocycles. The summed E-state index contributed by atoms with van der Waals surface area (Å²) in [6.45, 7) is 3.00. The van der Waals surface area contributed by atoms with Gasteiger partial charge in [-0.3, -0.25) is 0 Å². The Labute approximate surface area is 132 Å². The lowest BCUT2D eigenvalue weighted by Crippen LogP contribution is -2.22. The van der Waals surface area contributed by atoms with Crippen LogP contribution in [0.1, 0.15) is 31.2 Å². The van der Waals surface area contributed by atoms with Gasteiger partial charge in [-0.15, -0.1) is 0 Å². The number of hydrogen-bond donors (Lipinski definition) is 2. The van der Waals surface area contributed by atoms with Gasteiger partial charge in [-0.05, 0) is 51.4 Å². The molecular weight excluding hydrogens is 284 g/mol. The molecule has 118 valence electrons. The zero-order valence-corrected chi connectivity index (χ0v) is 13.6. The highest BCUT2D eigenvalue weighted by molar-refractivity contribution is 7.80. The fraction of sp³-hybridized carbons (Fsp3) is 0.562. The van der Waals surface area contributed by atoms with Crippen molar-refractivity contribution in [3.63, 3.8) is 0 Å². The van der Waals surface area contributed by atoms with Crippen LogP contribution in [0, 0.1) is 0 Å². The largest absolute Gasteiger partial charge is 0.493 e. The van der Waals surface area contributed by atoms with E-state index in [-0.39, 0.29) is 0 Å². The second-order valence-corrected chi connectivity index (χ2v) is 5.59. The highest BCUT2D eigenvalue weighted by atomic mass is 32.1. The molecule has 0 amide bonds. The number of para-hydroxylation sites is 1. The summed E-state index contributed by atoms with van der Waals surface area (Å²) in [6, 6.07) is 7.60. The van der Waals surface area contributed by atoms with Gasteiger partial charge in [0.1, 0.15) is 10.7 Å². The first kappa shape index (κ1) is 17.9. The average Bonchev–Trinajstić information content (AvgIpc) is 2.48. The number of nitrogens with zero attached hydrogens (tertiary/aromatic N) is 1. The third-order valence-electron chi connectivity index (χ3n) is 3.29. The van der Waals surface area contributed by atoms with Crippen molar-refractivity contribution in [3.05, 3.63) is 29.8 Å². The molecule has 1 aromatic rings. The summed E-state index contributed by atoms with van der Waals surface area (Å²) >= 11 is 5.01. The Balaban J connectivity index is 2.21. The second kappa shape index (κ2) is 10.5. The van der Waals surface area contributed by atoms with Crippen molar-refractivity contribution in [2.75, 3.05) is 33.4 Å². The molecule has 0 radical (unpaired) electrons. The Morgan fingerprint density at radius 3 is 2.62 bits per heavy atom. The number of hydrogen-bond acceptors (Lipinski definition) is 4. The van der Waals surface area contributed by atoms with E-state index in [1.807, 2.05) is 24.3 Å². The van der Waals surface area contributed by atoms with Crippen molar-refractivity contribution < 1.29 is 9.84 Å². The van der Waals surface area contributed by atoms with Gasteiger partial charge >= 0.3 is 0 Å². The summed E-state index contributed by atoms with van der Waals surface area (Å²) in [6.07, 6.45) is 4.07. The van der Waals surface area contributed by atoms with E-state index < -0.39 is 0 Å².